The summed E-state index contributed by atoms with van der Waals surface area (Å²) in [5, 5.41) is 5.73. The molecule has 3 aromatic heterocycles. The summed E-state index contributed by atoms with van der Waals surface area (Å²) >= 11 is 0. The molecule has 0 bridgehead atoms. The van der Waals surface area contributed by atoms with Gasteiger partial charge in [0.25, 0.3) is 0 Å². The molecule has 63 heavy (non-hydrogen) atoms. The number of benzene rings is 7. The number of furan rings is 1. The van der Waals surface area contributed by atoms with Crippen LogP contribution in [-0.4, -0.2) is 18.0 Å². The molecule has 3 nitrogen and oxygen atoms in total. The molecule has 7 aromatic carbocycles. The Morgan fingerprint density at radius 1 is 0.540 bits per heavy atom. The Morgan fingerprint density at radius 3 is 1.84 bits per heavy atom. The fourth-order valence-electron chi connectivity index (χ4n) is 8.10. The average Bonchev–Trinajstić information content (AvgIpc) is 3.70. The van der Waals surface area contributed by atoms with Gasteiger partial charge in [0.2, 0.25) is 0 Å². The molecule has 1 atom stereocenters. The van der Waals surface area contributed by atoms with E-state index in [2.05, 4.69) is 179 Å². The second-order valence-corrected chi connectivity index (χ2v) is 22.4. The van der Waals surface area contributed by atoms with Gasteiger partial charge in [0, 0.05) is 39.3 Å². The van der Waals surface area contributed by atoms with Crippen molar-refractivity contribution in [2.75, 3.05) is 0 Å². The van der Waals surface area contributed by atoms with Gasteiger partial charge in [0.05, 0.1) is 13.7 Å². The van der Waals surface area contributed by atoms with Crippen molar-refractivity contribution < 1.29 is 25.9 Å². The molecule has 0 aliphatic rings. The molecule has 0 aliphatic heterocycles. The van der Waals surface area contributed by atoms with E-state index in [0.717, 1.165) is 77.5 Å². The van der Waals surface area contributed by atoms with Crippen LogP contribution in [0, 0.1) is 18.1 Å². The van der Waals surface area contributed by atoms with Crippen molar-refractivity contribution in [3.8, 4) is 55.9 Å². The third-order valence-corrected chi connectivity index (χ3v) is 13.8. The van der Waals surface area contributed by atoms with Crippen LogP contribution in [-0.2, 0) is 20.1 Å². The van der Waals surface area contributed by atoms with Crippen LogP contribution in [0.25, 0.3) is 88.6 Å². The number of fused-ring (bicyclic) bond motifs is 4. The maximum atomic E-state index is 9.06. The number of hydrogen-bond donors (Lipinski definition) is 0. The van der Waals surface area contributed by atoms with E-state index in [0.29, 0.717) is 0 Å². The Labute approximate surface area is 387 Å². The van der Waals surface area contributed by atoms with E-state index in [1.165, 1.54) is 21.9 Å². The van der Waals surface area contributed by atoms with E-state index >= 15 is 0 Å². The summed E-state index contributed by atoms with van der Waals surface area (Å²) in [6.45, 7) is 13.3. The molecule has 10 rings (SSSR count). The van der Waals surface area contributed by atoms with Crippen molar-refractivity contribution in [1.29, 1.82) is 0 Å². The maximum absolute atomic E-state index is 9.06. The quantitative estimate of drug-likeness (QED) is 0.112. The number of nitrogens with zero attached hydrogens (tertiary/aromatic N) is 2. The topological polar surface area (TPSA) is 38.9 Å². The number of aromatic nitrogens is 2. The summed E-state index contributed by atoms with van der Waals surface area (Å²) in [6, 6.07) is 65.4. The summed E-state index contributed by atoms with van der Waals surface area (Å²) in [6.07, 6.45) is 3.94. The smallest absolute Gasteiger partial charge is 0.121 e. The van der Waals surface area contributed by atoms with Crippen molar-refractivity contribution in [2.45, 2.75) is 46.3 Å². The summed E-state index contributed by atoms with van der Waals surface area (Å²) in [7, 11) is -1.61. The zero-order chi connectivity index (χ0) is 43.7. The van der Waals surface area contributed by atoms with Gasteiger partial charge in [-0.25, -0.2) is 0 Å². The first-order valence-corrected chi connectivity index (χ1v) is 24.9. The standard InChI is InChI=1S/C33H20NO.C25H30NSi.Ir/c1-2-8-22(9-3-1)23-12-6-13-24(18-23)26-16-17-28-29-14-7-15-30(33(29)35-32(28)20-26)31-19-25-10-4-5-11-27(25)21-34-31;1-18(2)19(3)23-16-24(26-17-25(23)27(4,5)6)22-14-10-13-21(15-22)20-11-8-7-9-12-20;/h1-14,16-21H;7-13,15-19H,1-6H3;/q2*-1;/i;19D;. The zero-order valence-electron chi connectivity index (χ0n) is 37.5. The van der Waals surface area contributed by atoms with Crippen LogP contribution in [0.2, 0.25) is 19.6 Å². The van der Waals surface area contributed by atoms with E-state index in [1.54, 1.807) is 0 Å². The first-order chi connectivity index (χ1) is 30.4. The Balaban J connectivity index is 0.000000177. The van der Waals surface area contributed by atoms with E-state index in [1.807, 2.05) is 55.7 Å². The molecule has 0 N–H and O–H groups in total. The molecular weight excluding hydrogens is 961 g/mol. The fraction of sp³-hybridized carbons (Fsp3) is 0.138. The van der Waals surface area contributed by atoms with Gasteiger partial charge in [-0.3, -0.25) is 0 Å². The summed E-state index contributed by atoms with van der Waals surface area (Å²) in [5.41, 5.74) is 13.5. The zero-order valence-corrected chi connectivity index (χ0v) is 39.9. The van der Waals surface area contributed by atoms with Gasteiger partial charge < -0.3 is 14.4 Å². The van der Waals surface area contributed by atoms with Crippen LogP contribution < -0.4 is 5.19 Å². The first kappa shape index (κ1) is 42.1. The molecule has 5 heteroatoms. The maximum Gasteiger partial charge on any atom is 0.121 e. The van der Waals surface area contributed by atoms with Crippen LogP contribution in [0.5, 0.6) is 0 Å². The summed E-state index contributed by atoms with van der Waals surface area (Å²) in [4.78, 5) is 9.51. The van der Waals surface area contributed by atoms with Gasteiger partial charge in [0.1, 0.15) is 5.58 Å². The molecule has 0 aliphatic carbocycles. The minimum absolute atomic E-state index is 0. The number of hydrogen-bond acceptors (Lipinski definition) is 3. The molecule has 313 valence electrons. The number of rotatable bonds is 8. The fourth-order valence-corrected chi connectivity index (χ4v) is 9.63. The number of pyridine rings is 2. The summed E-state index contributed by atoms with van der Waals surface area (Å²) in [5.74, 6) is -0.429. The van der Waals surface area contributed by atoms with E-state index in [-0.39, 0.29) is 26.0 Å². The molecule has 1 unspecified atom stereocenters. The van der Waals surface area contributed by atoms with E-state index < -0.39 is 14.0 Å². The van der Waals surface area contributed by atoms with Gasteiger partial charge in [-0.05, 0) is 79.1 Å². The third kappa shape index (κ3) is 9.29. The Hall–Kier alpha value is -6.23. The van der Waals surface area contributed by atoms with Crippen LogP contribution in [0.4, 0.5) is 0 Å². The second-order valence-electron chi connectivity index (χ2n) is 17.3. The van der Waals surface area contributed by atoms with Gasteiger partial charge in [0.15, 0.2) is 0 Å². The molecule has 3 heterocycles. The Morgan fingerprint density at radius 2 is 1.14 bits per heavy atom. The van der Waals surface area contributed by atoms with E-state index in [9.17, 15) is 0 Å². The molecule has 0 saturated carbocycles. The molecule has 1 radical (unpaired) electrons. The molecule has 0 spiro atoms. The Bertz CT molecular complexity index is 3230. The molecule has 0 amide bonds. The molecule has 0 fully saturated rings. The van der Waals surface area contributed by atoms with Gasteiger partial charge in [-0.1, -0.05) is 184 Å². The second kappa shape index (κ2) is 18.6. The predicted molar refractivity (Wildman–Crippen MR) is 264 cm³/mol. The SMILES string of the molecule is [2H]C(C)(c1cc(-c2[c-]ccc(-c3ccccc3)c2)ncc1[Si](C)(C)C)C(C)C.[Ir].[c-]1ccc2c(oc3cc(-c4cccc(-c5ccccc5)c4)ccc32)c1-c1cc2ccccc2cn1. The van der Waals surface area contributed by atoms with Gasteiger partial charge in [-0.15, -0.1) is 53.6 Å². The van der Waals surface area contributed by atoms with Crippen molar-refractivity contribution in [3.05, 3.63) is 200 Å². The minimum Gasteiger partial charge on any atom is -0.501 e. The largest absolute Gasteiger partial charge is 0.501 e. The Kier molecular flexibility index (Phi) is 12.4. The van der Waals surface area contributed by atoms with Crippen molar-refractivity contribution in [2.24, 2.45) is 5.92 Å². The van der Waals surface area contributed by atoms with Crippen molar-refractivity contribution >= 4 is 46.0 Å². The predicted octanol–water partition coefficient (Wildman–Crippen LogP) is 15.5. The average molecular weight is 1010 g/mol. The molecule has 10 aromatic rings. The monoisotopic (exact) mass is 1010 g/mol. The van der Waals surface area contributed by atoms with Gasteiger partial charge in [-0.2, -0.15) is 0 Å². The van der Waals surface area contributed by atoms with Crippen LogP contribution >= 0.6 is 0 Å². The normalized spacial score (nSPS) is 12.7. The first-order valence-electron chi connectivity index (χ1n) is 21.9. The van der Waals surface area contributed by atoms with E-state index in [4.69, 9.17) is 15.8 Å². The van der Waals surface area contributed by atoms with Crippen molar-refractivity contribution in [3.63, 3.8) is 0 Å². The minimum atomic E-state index is -1.61. The third-order valence-electron chi connectivity index (χ3n) is 11.8. The van der Waals surface area contributed by atoms with Gasteiger partial charge >= 0.3 is 0 Å². The summed E-state index contributed by atoms with van der Waals surface area (Å²) < 4.78 is 15.5. The van der Waals surface area contributed by atoms with Crippen LogP contribution in [0.1, 0.15) is 33.6 Å². The molecular formula is C58H50IrN2OSi-2. The van der Waals surface area contributed by atoms with Crippen LogP contribution in [0.3, 0.4) is 0 Å². The van der Waals surface area contributed by atoms with Crippen molar-refractivity contribution in [1.82, 2.24) is 9.97 Å². The van der Waals surface area contributed by atoms with Crippen LogP contribution in [0.15, 0.2) is 187 Å². The molecule has 0 saturated heterocycles.